The minimum atomic E-state index is -0.591. The Kier molecular flexibility index (Phi) is 7.32. The van der Waals surface area contributed by atoms with Crippen LogP contribution in [-0.4, -0.2) is 48.5 Å². The van der Waals surface area contributed by atoms with Crippen molar-refractivity contribution in [3.8, 4) is 0 Å². The van der Waals surface area contributed by atoms with Crippen molar-refractivity contribution in [3.05, 3.63) is 30.1 Å². The molecule has 21 heavy (non-hydrogen) atoms. The number of unbranched alkanes of at least 4 members (excludes halogenated alkanes) is 1. The lowest BCUT2D eigenvalue weighted by atomic mass is 9.94. The Bertz CT molecular complexity index is 424. The normalized spacial score (nSPS) is 14.1. The highest BCUT2D eigenvalue weighted by atomic mass is 16.1. The third-order valence-electron chi connectivity index (χ3n) is 4.04. The maximum absolute atomic E-state index is 11.4. The molecule has 0 aliphatic rings. The van der Waals surface area contributed by atoms with Crippen molar-refractivity contribution < 1.29 is 4.79 Å². The highest BCUT2D eigenvalue weighted by Crippen LogP contribution is 2.13. The lowest BCUT2D eigenvalue weighted by Crippen LogP contribution is -2.51. The van der Waals surface area contributed by atoms with E-state index in [0.29, 0.717) is 0 Å². The molecule has 1 atom stereocenters. The van der Waals surface area contributed by atoms with Crippen molar-refractivity contribution >= 4 is 5.91 Å². The van der Waals surface area contributed by atoms with Gasteiger partial charge in [-0.2, -0.15) is 0 Å². The van der Waals surface area contributed by atoms with Crippen molar-refractivity contribution in [1.82, 2.24) is 15.2 Å². The molecule has 0 saturated heterocycles. The van der Waals surface area contributed by atoms with Crippen LogP contribution in [0.4, 0.5) is 0 Å². The Labute approximate surface area is 127 Å². The zero-order chi connectivity index (χ0) is 15.7. The molecule has 5 nitrogen and oxygen atoms in total. The Balaban J connectivity index is 2.19. The standard InChI is InChI=1S/C16H28N4O/c1-16(18-2,15(17)21)10-5-7-12-20(3)13-9-14-8-4-6-11-19-14/h4,6,8,11,18H,5,7,9-10,12-13H2,1-3H3,(H2,17,21). The molecular formula is C16H28N4O. The number of likely N-dealkylation sites (N-methyl/N-ethyl adjacent to an activating group) is 2. The lowest BCUT2D eigenvalue weighted by molar-refractivity contribution is -0.123. The molecule has 1 amide bonds. The first-order valence-electron chi connectivity index (χ1n) is 7.55. The van der Waals surface area contributed by atoms with Gasteiger partial charge in [-0.1, -0.05) is 6.07 Å². The molecule has 1 unspecified atom stereocenters. The van der Waals surface area contributed by atoms with E-state index in [1.54, 1.807) is 7.05 Å². The highest BCUT2D eigenvalue weighted by Gasteiger charge is 2.27. The van der Waals surface area contributed by atoms with Gasteiger partial charge in [0.1, 0.15) is 0 Å². The number of nitrogens with one attached hydrogen (secondary N) is 1. The number of hydrogen-bond donors (Lipinski definition) is 2. The average Bonchev–Trinajstić information content (AvgIpc) is 2.50. The molecule has 1 heterocycles. The summed E-state index contributed by atoms with van der Waals surface area (Å²) in [6, 6.07) is 6.01. The summed E-state index contributed by atoms with van der Waals surface area (Å²) in [5.74, 6) is -0.284. The van der Waals surface area contributed by atoms with Crippen LogP contribution in [0, 0.1) is 0 Å². The average molecular weight is 292 g/mol. The number of primary amides is 1. The Morgan fingerprint density at radius 3 is 2.71 bits per heavy atom. The van der Waals surface area contributed by atoms with Crippen molar-refractivity contribution in [1.29, 1.82) is 0 Å². The van der Waals surface area contributed by atoms with Crippen LogP contribution in [0.25, 0.3) is 0 Å². The zero-order valence-electron chi connectivity index (χ0n) is 13.4. The molecule has 0 aliphatic heterocycles. The van der Waals surface area contributed by atoms with Crippen LogP contribution in [0.1, 0.15) is 31.9 Å². The number of pyridine rings is 1. The zero-order valence-corrected chi connectivity index (χ0v) is 13.4. The monoisotopic (exact) mass is 292 g/mol. The number of nitrogens with zero attached hydrogens (tertiary/aromatic N) is 2. The van der Waals surface area contributed by atoms with Crippen molar-refractivity contribution in [2.75, 3.05) is 27.2 Å². The van der Waals surface area contributed by atoms with Crippen molar-refractivity contribution in [3.63, 3.8) is 0 Å². The van der Waals surface area contributed by atoms with Gasteiger partial charge in [-0.05, 0) is 59.0 Å². The van der Waals surface area contributed by atoms with Crippen molar-refractivity contribution in [2.45, 2.75) is 38.1 Å². The first-order chi connectivity index (χ1) is 9.98. The molecule has 118 valence electrons. The Hall–Kier alpha value is -1.46. The first-order valence-corrected chi connectivity index (χ1v) is 7.55. The number of rotatable bonds is 10. The van der Waals surface area contributed by atoms with Gasteiger partial charge in [-0.15, -0.1) is 0 Å². The summed E-state index contributed by atoms with van der Waals surface area (Å²) in [6.07, 6.45) is 5.61. The van der Waals surface area contributed by atoms with Crippen LogP contribution in [-0.2, 0) is 11.2 Å². The third kappa shape index (κ3) is 6.23. The molecule has 0 spiro atoms. The van der Waals surface area contributed by atoms with Crippen LogP contribution < -0.4 is 11.1 Å². The van der Waals surface area contributed by atoms with E-state index in [1.165, 1.54) is 0 Å². The van der Waals surface area contributed by atoms with E-state index in [1.807, 2.05) is 25.3 Å². The highest BCUT2D eigenvalue weighted by molar-refractivity contribution is 5.84. The second-order valence-corrected chi connectivity index (χ2v) is 5.78. The lowest BCUT2D eigenvalue weighted by Gasteiger charge is -2.25. The number of carbonyl (C=O) groups excluding carboxylic acids is 1. The third-order valence-corrected chi connectivity index (χ3v) is 4.04. The summed E-state index contributed by atoms with van der Waals surface area (Å²) in [5, 5.41) is 3.02. The topological polar surface area (TPSA) is 71.2 Å². The minimum Gasteiger partial charge on any atom is -0.368 e. The molecule has 1 rings (SSSR count). The van der Waals surface area contributed by atoms with Gasteiger partial charge in [-0.25, -0.2) is 0 Å². The SMILES string of the molecule is CNC(C)(CCCCN(C)CCc1ccccn1)C(N)=O. The summed E-state index contributed by atoms with van der Waals surface area (Å²) in [5.41, 5.74) is 5.95. The molecular weight excluding hydrogens is 264 g/mol. The van der Waals surface area contributed by atoms with E-state index in [-0.39, 0.29) is 5.91 Å². The summed E-state index contributed by atoms with van der Waals surface area (Å²) < 4.78 is 0. The van der Waals surface area contributed by atoms with Gasteiger partial charge < -0.3 is 16.0 Å². The van der Waals surface area contributed by atoms with Crippen molar-refractivity contribution in [2.24, 2.45) is 5.73 Å². The van der Waals surface area contributed by atoms with Gasteiger partial charge in [0.15, 0.2) is 0 Å². The number of carbonyl (C=O) groups is 1. The summed E-state index contributed by atoms with van der Waals surface area (Å²) in [7, 11) is 3.90. The molecule has 0 aliphatic carbocycles. The second-order valence-electron chi connectivity index (χ2n) is 5.78. The van der Waals surface area contributed by atoms with Gasteiger partial charge in [0.2, 0.25) is 5.91 Å². The van der Waals surface area contributed by atoms with E-state index in [4.69, 9.17) is 5.73 Å². The summed E-state index contributed by atoms with van der Waals surface area (Å²) in [4.78, 5) is 18.0. The molecule has 0 bridgehead atoms. The number of nitrogens with two attached hydrogens (primary N) is 1. The molecule has 0 radical (unpaired) electrons. The van der Waals surface area contributed by atoms with Gasteiger partial charge in [0.05, 0.1) is 5.54 Å². The van der Waals surface area contributed by atoms with Crippen LogP contribution in [0.3, 0.4) is 0 Å². The Morgan fingerprint density at radius 2 is 2.14 bits per heavy atom. The molecule has 3 N–H and O–H groups in total. The quantitative estimate of drug-likeness (QED) is 0.636. The smallest absolute Gasteiger partial charge is 0.237 e. The fourth-order valence-corrected chi connectivity index (χ4v) is 2.19. The maximum atomic E-state index is 11.4. The predicted octanol–water partition coefficient (Wildman–Crippen LogP) is 1.19. The van der Waals surface area contributed by atoms with Gasteiger partial charge in [-0.3, -0.25) is 9.78 Å². The number of aromatic nitrogens is 1. The van der Waals surface area contributed by atoms with E-state index in [9.17, 15) is 4.79 Å². The van der Waals surface area contributed by atoms with Crippen LogP contribution in [0.5, 0.6) is 0 Å². The number of hydrogen-bond acceptors (Lipinski definition) is 4. The fraction of sp³-hybridized carbons (Fsp3) is 0.625. The summed E-state index contributed by atoms with van der Waals surface area (Å²) >= 11 is 0. The largest absolute Gasteiger partial charge is 0.368 e. The first kappa shape index (κ1) is 17.6. The molecule has 0 aromatic carbocycles. The van der Waals surface area contributed by atoms with E-state index >= 15 is 0 Å². The Morgan fingerprint density at radius 1 is 1.38 bits per heavy atom. The van der Waals surface area contributed by atoms with Gasteiger partial charge >= 0.3 is 0 Å². The van der Waals surface area contributed by atoms with Crippen LogP contribution in [0.2, 0.25) is 0 Å². The van der Waals surface area contributed by atoms with E-state index in [0.717, 1.165) is 44.5 Å². The predicted molar refractivity (Wildman–Crippen MR) is 85.9 cm³/mol. The fourth-order valence-electron chi connectivity index (χ4n) is 2.19. The molecule has 1 aromatic rings. The maximum Gasteiger partial charge on any atom is 0.237 e. The molecule has 0 saturated carbocycles. The van der Waals surface area contributed by atoms with Crippen LogP contribution >= 0.6 is 0 Å². The molecule has 5 heteroatoms. The second kappa shape index (κ2) is 8.74. The van der Waals surface area contributed by atoms with E-state index < -0.39 is 5.54 Å². The van der Waals surface area contributed by atoms with Gasteiger partial charge in [0.25, 0.3) is 0 Å². The van der Waals surface area contributed by atoms with E-state index in [2.05, 4.69) is 28.3 Å². The molecule has 0 fully saturated rings. The molecule has 1 aromatic heterocycles. The summed E-state index contributed by atoms with van der Waals surface area (Å²) in [6.45, 7) is 3.88. The minimum absolute atomic E-state index is 0.284. The number of amides is 1. The van der Waals surface area contributed by atoms with Gasteiger partial charge in [0, 0.05) is 24.9 Å². The van der Waals surface area contributed by atoms with Crippen LogP contribution in [0.15, 0.2) is 24.4 Å².